The van der Waals surface area contributed by atoms with Gasteiger partial charge >= 0.3 is 0 Å². The predicted molar refractivity (Wildman–Crippen MR) is 66.9 cm³/mol. The molecule has 0 nitrogen and oxygen atoms in total. The average Bonchev–Trinajstić information content (AvgIpc) is 2.26. The molecule has 0 aliphatic heterocycles. The Bertz CT molecular complexity index is 313. The van der Waals surface area contributed by atoms with Crippen LogP contribution in [0.2, 0.25) is 0 Å². The summed E-state index contributed by atoms with van der Waals surface area (Å²) in [5.41, 5.74) is 2.59. The van der Waals surface area contributed by atoms with Crippen LogP contribution < -0.4 is 0 Å². The summed E-state index contributed by atoms with van der Waals surface area (Å²) in [5.74, 6) is 3.20. The van der Waals surface area contributed by atoms with Gasteiger partial charge in [0.2, 0.25) is 0 Å². The quantitative estimate of drug-likeness (QED) is 0.491. The van der Waals surface area contributed by atoms with Crippen molar-refractivity contribution in [2.75, 3.05) is 0 Å². The van der Waals surface area contributed by atoms with Crippen LogP contribution in [0.25, 0.3) is 0 Å². The van der Waals surface area contributed by atoms with Crippen LogP contribution in [0, 0.1) is 19.3 Å². The number of unbranched alkanes of at least 4 members (excludes halogenated alkanes) is 2. The molecule has 0 aromatic heterocycles. The summed E-state index contributed by atoms with van der Waals surface area (Å²) in [7, 11) is 0. The number of hydrogen-bond acceptors (Lipinski definition) is 0. The summed E-state index contributed by atoms with van der Waals surface area (Å²) < 4.78 is 0. The molecule has 1 aromatic carbocycles. The molecule has 0 heteroatoms. The van der Waals surface area contributed by atoms with E-state index in [1.807, 2.05) is 0 Å². The van der Waals surface area contributed by atoms with E-state index >= 15 is 0 Å². The number of terminal acetylenes is 1. The number of hydrogen-bond donors (Lipinski definition) is 0. The van der Waals surface area contributed by atoms with Crippen LogP contribution >= 0.6 is 0 Å². The summed E-state index contributed by atoms with van der Waals surface area (Å²) in [4.78, 5) is 0. The molecule has 0 spiro atoms. The molecule has 0 N–H and O–H groups in total. The lowest BCUT2D eigenvalue weighted by atomic mass is 9.93. The predicted octanol–water partition coefficient (Wildman–Crippen LogP) is 4.29. The van der Waals surface area contributed by atoms with Crippen molar-refractivity contribution in [3.8, 4) is 12.3 Å². The number of benzene rings is 1. The summed E-state index contributed by atoms with van der Waals surface area (Å²) in [6.07, 6.45) is 10.5. The van der Waals surface area contributed by atoms with Crippen LogP contribution in [-0.4, -0.2) is 0 Å². The largest absolute Gasteiger partial charge is 0.119 e. The average molecular weight is 200 g/mol. The Hall–Kier alpha value is -1.22. The minimum atomic E-state index is 0.303. The molecule has 1 unspecified atom stereocenters. The van der Waals surface area contributed by atoms with E-state index in [0.717, 1.165) is 6.42 Å². The zero-order valence-corrected chi connectivity index (χ0v) is 9.79. The first kappa shape index (κ1) is 11.9. The zero-order chi connectivity index (χ0) is 11.1. The summed E-state index contributed by atoms with van der Waals surface area (Å²) in [6.45, 7) is 4.32. The van der Waals surface area contributed by atoms with E-state index in [4.69, 9.17) is 6.42 Å². The van der Waals surface area contributed by atoms with E-state index in [0.29, 0.717) is 5.92 Å². The van der Waals surface area contributed by atoms with Gasteiger partial charge in [-0.3, -0.25) is 0 Å². The van der Waals surface area contributed by atoms with Crippen molar-refractivity contribution in [1.29, 1.82) is 0 Å². The molecule has 1 aromatic rings. The molecule has 0 aliphatic rings. The summed E-state index contributed by atoms with van der Waals surface area (Å²) in [5, 5.41) is 0. The molecule has 0 heterocycles. The van der Waals surface area contributed by atoms with E-state index < -0.39 is 0 Å². The Morgan fingerprint density at radius 3 is 2.40 bits per heavy atom. The van der Waals surface area contributed by atoms with Crippen molar-refractivity contribution >= 4 is 0 Å². The van der Waals surface area contributed by atoms with Crippen LogP contribution in [0.3, 0.4) is 0 Å². The lowest BCUT2D eigenvalue weighted by molar-refractivity contribution is 0.637. The van der Waals surface area contributed by atoms with E-state index in [1.54, 1.807) is 0 Å². The van der Waals surface area contributed by atoms with Gasteiger partial charge in [0, 0.05) is 5.92 Å². The first-order valence-electron chi connectivity index (χ1n) is 5.80. The van der Waals surface area contributed by atoms with Gasteiger partial charge in [-0.25, -0.2) is 0 Å². The Morgan fingerprint density at radius 1 is 1.20 bits per heavy atom. The highest BCUT2D eigenvalue weighted by Crippen LogP contribution is 2.21. The van der Waals surface area contributed by atoms with Crippen molar-refractivity contribution in [2.24, 2.45) is 0 Å². The first-order valence-corrected chi connectivity index (χ1v) is 5.80. The topological polar surface area (TPSA) is 0 Å². The highest BCUT2D eigenvalue weighted by atomic mass is 14.1. The molecule has 0 amide bonds. The maximum Gasteiger partial charge on any atom is 0.0449 e. The second kappa shape index (κ2) is 6.30. The van der Waals surface area contributed by atoms with Gasteiger partial charge < -0.3 is 0 Å². The van der Waals surface area contributed by atoms with Gasteiger partial charge in [0.1, 0.15) is 0 Å². The molecule has 0 radical (unpaired) electrons. The third kappa shape index (κ3) is 3.80. The molecular formula is C15H20. The molecule has 1 rings (SSSR count). The number of aryl methyl sites for hydroxylation is 1. The van der Waals surface area contributed by atoms with Gasteiger partial charge in [0.05, 0.1) is 0 Å². The van der Waals surface area contributed by atoms with Crippen molar-refractivity contribution < 1.29 is 0 Å². The fraction of sp³-hybridized carbons (Fsp3) is 0.467. The van der Waals surface area contributed by atoms with Crippen LogP contribution in [0.5, 0.6) is 0 Å². The maximum atomic E-state index is 5.58. The van der Waals surface area contributed by atoms with Crippen molar-refractivity contribution in [2.45, 2.75) is 45.4 Å². The monoisotopic (exact) mass is 200 g/mol. The molecule has 0 saturated carbocycles. The molecule has 1 atom stereocenters. The van der Waals surface area contributed by atoms with Gasteiger partial charge in [0.25, 0.3) is 0 Å². The van der Waals surface area contributed by atoms with E-state index in [9.17, 15) is 0 Å². The Morgan fingerprint density at radius 2 is 1.87 bits per heavy atom. The molecule has 0 saturated heterocycles. The third-order valence-corrected chi connectivity index (χ3v) is 2.78. The van der Waals surface area contributed by atoms with Crippen LogP contribution in [-0.2, 0) is 0 Å². The molecule has 0 fully saturated rings. The maximum absolute atomic E-state index is 5.58. The Kier molecular flexibility index (Phi) is 4.98. The molecule has 15 heavy (non-hydrogen) atoms. The van der Waals surface area contributed by atoms with Gasteiger partial charge in [-0.2, -0.15) is 0 Å². The lowest BCUT2D eigenvalue weighted by Gasteiger charge is -2.10. The standard InChI is InChI=1S/C15H20/c1-4-6-7-8-14(5-2)15-11-9-13(3)10-12-15/h2,9-12,14H,4,6-8H2,1,3H3. The van der Waals surface area contributed by atoms with Gasteiger partial charge in [-0.1, -0.05) is 61.9 Å². The second-order valence-electron chi connectivity index (χ2n) is 4.13. The lowest BCUT2D eigenvalue weighted by Crippen LogP contribution is -1.95. The van der Waals surface area contributed by atoms with Crippen LogP contribution in [0.1, 0.15) is 49.7 Å². The van der Waals surface area contributed by atoms with E-state index in [-0.39, 0.29) is 0 Å². The Labute approximate surface area is 93.7 Å². The highest BCUT2D eigenvalue weighted by molar-refractivity contribution is 5.29. The minimum Gasteiger partial charge on any atom is -0.119 e. The third-order valence-electron chi connectivity index (χ3n) is 2.78. The van der Waals surface area contributed by atoms with Crippen molar-refractivity contribution in [1.82, 2.24) is 0 Å². The van der Waals surface area contributed by atoms with Gasteiger partial charge in [-0.15, -0.1) is 6.42 Å². The zero-order valence-electron chi connectivity index (χ0n) is 9.79. The molecule has 80 valence electrons. The minimum absolute atomic E-state index is 0.303. The van der Waals surface area contributed by atoms with Gasteiger partial charge in [-0.05, 0) is 18.9 Å². The van der Waals surface area contributed by atoms with Gasteiger partial charge in [0.15, 0.2) is 0 Å². The normalized spacial score (nSPS) is 12.1. The van der Waals surface area contributed by atoms with Crippen molar-refractivity contribution in [3.63, 3.8) is 0 Å². The fourth-order valence-electron chi connectivity index (χ4n) is 1.74. The number of rotatable bonds is 5. The van der Waals surface area contributed by atoms with E-state index in [1.165, 1.54) is 30.4 Å². The smallest absolute Gasteiger partial charge is 0.0449 e. The Balaban J connectivity index is 2.59. The molecule has 0 bridgehead atoms. The first-order chi connectivity index (χ1) is 7.27. The van der Waals surface area contributed by atoms with E-state index in [2.05, 4.69) is 44.0 Å². The summed E-state index contributed by atoms with van der Waals surface area (Å²) >= 11 is 0. The highest BCUT2D eigenvalue weighted by Gasteiger charge is 2.06. The van der Waals surface area contributed by atoms with Crippen LogP contribution in [0.4, 0.5) is 0 Å². The molecule has 0 aliphatic carbocycles. The fourth-order valence-corrected chi connectivity index (χ4v) is 1.74. The summed E-state index contributed by atoms with van der Waals surface area (Å²) in [6, 6.07) is 8.59. The second-order valence-corrected chi connectivity index (χ2v) is 4.13. The SMILES string of the molecule is C#CC(CCCCC)c1ccc(C)cc1. The van der Waals surface area contributed by atoms with Crippen molar-refractivity contribution in [3.05, 3.63) is 35.4 Å². The van der Waals surface area contributed by atoms with Crippen LogP contribution in [0.15, 0.2) is 24.3 Å². The molecular weight excluding hydrogens is 180 g/mol.